The molecule has 1 heterocycles. The number of pyridine rings is 1. The SMILES string of the molecule is CC(C)(CCl)NC(=O)c1ncccc1Cl. The normalized spacial score (nSPS) is 11.2. The molecule has 0 fully saturated rings. The summed E-state index contributed by atoms with van der Waals surface area (Å²) in [5.41, 5.74) is -0.253. The maximum atomic E-state index is 11.7. The van der Waals surface area contributed by atoms with Gasteiger partial charge in [0.25, 0.3) is 5.91 Å². The van der Waals surface area contributed by atoms with Crippen molar-refractivity contribution >= 4 is 29.1 Å². The Bertz CT molecular complexity index is 366. The zero-order valence-electron chi connectivity index (χ0n) is 8.55. The number of carbonyl (C=O) groups excluding carboxylic acids is 1. The molecule has 1 aromatic heterocycles. The van der Waals surface area contributed by atoms with E-state index in [-0.39, 0.29) is 11.6 Å². The van der Waals surface area contributed by atoms with E-state index in [9.17, 15) is 4.79 Å². The summed E-state index contributed by atoms with van der Waals surface area (Å²) in [6.45, 7) is 3.66. The fraction of sp³-hybridized carbons (Fsp3) is 0.400. The highest BCUT2D eigenvalue weighted by molar-refractivity contribution is 6.33. The number of nitrogens with one attached hydrogen (secondary N) is 1. The molecule has 0 aliphatic carbocycles. The van der Waals surface area contributed by atoms with Crippen molar-refractivity contribution in [3.63, 3.8) is 0 Å². The van der Waals surface area contributed by atoms with Gasteiger partial charge in [-0.25, -0.2) is 4.98 Å². The number of alkyl halides is 1. The maximum absolute atomic E-state index is 11.7. The fourth-order valence-electron chi connectivity index (χ4n) is 0.953. The van der Waals surface area contributed by atoms with E-state index in [1.807, 2.05) is 13.8 Å². The molecule has 1 N–H and O–H groups in total. The van der Waals surface area contributed by atoms with Crippen LogP contribution in [0.5, 0.6) is 0 Å². The van der Waals surface area contributed by atoms with Crippen molar-refractivity contribution < 1.29 is 4.79 Å². The Balaban J connectivity index is 2.83. The first-order chi connectivity index (χ1) is 6.96. The zero-order valence-corrected chi connectivity index (χ0v) is 10.1. The number of carbonyl (C=O) groups is 1. The van der Waals surface area contributed by atoms with Gasteiger partial charge in [-0.15, -0.1) is 11.6 Å². The Kier molecular flexibility index (Phi) is 3.94. The fourth-order valence-corrected chi connectivity index (χ4v) is 1.23. The molecule has 1 amide bonds. The van der Waals surface area contributed by atoms with Crippen LogP contribution in [0.15, 0.2) is 18.3 Å². The molecule has 15 heavy (non-hydrogen) atoms. The summed E-state index contributed by atoms with van der Waals surface area (Å²) in [4.78, 5) is 15.6. The molecular formula is C10H12Cl2N2O. The van der Waals surface area contributed by atoms with Gasteiger partial charge in [-0.05, 0) is 26.0 Å². The molecule has 1 rings (SSSR count). The lowest BCUT2D eigenvalue weighted by atomic mass is 10.1. The third kappa shape index (κ3) is 3.36. The minimum Gasteiger partial charge on any atom is -0.345 e. The third-order valence-corrected chi connectivity index (χ3v) is 2.73. The van der Waals surface area contributed by atoms with Gasteiger partial charge in [-0.2, -0.15) is 0 Å². The number of rotatable bonds is 3. The summed E-state index contributed by atoms with van der Waals surface area (Å²) in [6, 6.07) is 3.29. The van der Waals surface area contributed by atoms with Gasteiger partial charge < -0.3 is 5.32 Å². The van der Waals surface area contributed by atoms with Crippen LogP contribution in [0.3, 0.4) is 0 Å². The van der Waals surface area contributed by atoms with Crippen LogP contribution < -0.4 is 5.32 Å². The minimum absolute atomic E-state index is 0.220. The van der Waals surface area contributed by atoms with Gasteiger partial charge in [0, 0.05) is 17.6 Å². The topological polar surface area (TPSA) is 42.0 Å². The van der Waals surface area contributed by atoms with Crippen LogP contribution in [-0.4, -0.2) is 22.3 Å². The van der Waals surface area contributed by atoms with E-state index in [1.54, 1.807) is 12.1 Å². The molecule has 0 saturated carbocycles. The monoisotopic (exact) mass is 246 g/mol. The quantitative estimate of drug-likeness (QED) is 0.833. The second-order valence-electron chi connectivity index (χ2n) is 3.81. The van der Waals surface area contributed by atoms with E-state index in [0.29, 0.717) is 10.9 Å². The van der Waals surface area contributed by atoms with E-state index < -0.39 is 5.54 Å². The van der Waals surface area contributed by atoms with Crippen molar-refractivity contribution in [1.82, 2.24) is 10.3 Å². The van der Waals surface area contributed by atoms with Crippen LogP contribution >= 0.6 is 23.2 Å². The van der Waals surface area contributed by atoms with Crippen LogP contribution in [0.1, 0.15) is 24.3 Å². The van der Waals surface area contributed by atoms with Gasteiger partial charge in [0.15, 0.2) is 0 Å². The molecule has 82 valence electrons. The van der Waals surface area contributed by atoms with E-state index >= 15 is 0 Å². The number of aromatic nitrogens is 1. The molecule has 0 aliphatic heterocycles. The highest BCUT2D eigenvalue weighted by atomic mass is 35.5. The predicted molar refractivity (Wildman–Crippen MR) is 61.5 cm³/mol. The zero-order chi connectivity index (χ0) is 11.5. The molecule has 0 unspecified atom stereocenters. The lowest BCUT2D eigenvalue weighted by Crippen LogP contribution is -2.45. The van der Waals surface area contributed by atoms with E-state index in [2.05, 4.69) is 10.3 Å². The molecule has 0 radical (unpaired) electrons. The van der Waals surface area contributed by atoms with Gasteiger partial charge >= 0.3 is 0 Å². The summed E-state index contributed by atoms with van der Waals surface area (Å²) in [5, 5.41) is 3.08. The minimum atomic E-state index is -0.473. The van der Waals surface area contributed by atoms with Crippen LogP contribution in [0.2, 0.25) is 5.02 Å². The van der Waals surface area contributed by atoms with Gasteiger partial charge in [0.2, 0.25) is 0 Å². The molecule has 5 heteroatoms. The van der Waals surface area contributed by atoms with E-state index in [0.717, 1.165) is 0 Å². The highest BCUT2D eigenvalue weighted by Crippen LogP contribution is 2.13. The summed E-state index contributed by atoms with van der Waals surface area (Å²) in [5.74, 6) is 0.00895. The lowest BCUT2D eigenvalue weighted by molar-refractivity contribution is 0.0915. The predicted octanol–water partition coefficient (Wildman–Crippen LogP) is 2.48. The van der Waals surface area contributed by atoms with Crippen molar-refractivity contribution in [1.29, 1.82) is 0 Å². The van der Waals surface area contributed by atoms with Crippen molar-refractivity contribution in [3.8, 4) is 0 Å². The largest absolute Gasteiger partial charge is 0.345 e. The van der Waals surface area contributed by atoms with Gasteiger partial charge in [0.1, 0.15) is 5.69 Å². The third-order valence-electron chi connectivity index (χ3n) is 1.76. The molecule has 0 aromatic carbocycles. The summed E-state index contributed by atoms with van der Waals surface area (Å²) in [7, 11) is 0. The average Bonchev–Trinajstić information content (AvgIpc) is 2.17. The van der Waals surface area contributed by atoms with E-state index in [4.69, 9.17) is 23.2 Å². The first-order valence-corrected chi connectivity index (χ1v) is 5.36. The van der Waals surface area contributed by atoms with Gasteiger partial charge in [0.05, 0.1) is 5.02 Å². The first kappa shape index (κ1) is 12.3. The smallest absolute Gasteiger partial charge is 0.271 e. The van der Waals surface area contributed by atoms with Crippen molar-refractivity contribution in [2.45, 2.75) is 19.4 Å². The van der Waals surface area contributed by atoms with Crippen molar-refractivity contribution in [2.24, 2.45) is 0 Å². The molecule has 0 spiro atoms. The number of halogens is 2. The summed E-state index contributed by atoms with van der Waals surface area (Å²) >= 11 is 11.5. The number of nitrogens with zero attached hydrogens (tertiary/aromatic N) is 1. The molecule has 0 bridgehead atoms. The van der Waals surface area contributed by atoms with E-state index in [1.165, 1.54) is 6.20 Å². The van der Waals surface area contributed by atoms with Crippen LogP contribution in [0.4, 0.5) is 0 Å². The Morgan fingerprint density at radius 1 is 1.60 bits per heavy atom. The number of amides is 1. The second kappa shape index (κ2) is 4.81. The van der Waals surface area contributed by atoms with Crippen LogP contribution in [-0.2, 0) is 0 Å². The first-order valence-electron chi connectivity index (χ1n) is 4.45. The molecular weight excluding hydrogens is 235 g/mol. The highest BCUT2D eigenvalue weighted by Gasteiger charge is 2.21. The number of hydrogen-bond donors (Lipinski definition) is 1. The second-order valence-corrected chi connectivity index (χ2v) is 4.48. The lowest BCUT2D eigenvalue weighted by Gasteiger charge is -2.23. The Morgan fingerprint density at radius 3 is 2.80 bits per heavy atom. The molecule has 3 nitrogen and oxygen atoms in total. The van der Waals surface area contributed by atoms with Gasteiger partial charge in [-0.3, -0.25) is 4.79 Å². The van der Waals surface area contributed by atoms with Crippen molar-refractivity contribution in [3.05, 3.63) is 29.0 Å². The standard InChI is InChI=1S/C10H12Cl2N2O/c1-10(2,6-11)14-9(15)8-7(12)4-3-5-13-8/h3-5H,6H2,1-2H3,(H,14,15). The Hall–Kier alpha value is -0.800. The summed E-state index contributed by atoms with van der Waals surface area (Å²) < 4.78 is 0. The molecule has 0 atom stereocenters. The molecule has 0 aliphatic rings. The average molecular weight is 247 g/mol. The maximum Gasteiger partial charge on any atom is 0.271 e. The van der Waals surface area contributed by atoms with Gasteiger partial charge in [-0.1, -0.05) is 11.6 Å². The Labute approximate surface area is 98.8 Å². The van der Waals surface area contributed by atoms with Crippen LogP contribution in [0, 0.1) is 0 Å². The van der Waals surface area contributed by atoms with Crippen molar-refractivity contribution in [2.75, 3.05) is 5.88 Å². The van der Waals surface area contributed by atoms with Crippen LogP contribution in [0.25, 0.3) is 0 Å². The molecule has 1 aromatic rings. The Morgan fingerprint density at radius 2 is 2.27 bits per heavy atom. The number of hydrogen-bond acceptors (Lipinski definition) is 2. The summed E-state index contributed by atoms with van der Waals surface area (Å²) in [6.07, 6.45) is 1.52. The molecule has 0 saturated heterocycles.